The number of likely N-dealkylation sites (tertiary alicyclic amines) is 2. The van der Waals surface area contributed by atoms with Gasteiger partial charge in [0.25, 0.3) is 5.91 Å². The van der Waals surface area contributed by atoms with Crippen LogP contribution in [0.3, 0.4) is 0 Å². The molecule has 1 aliphatic carbocycles. The summed E-state index contributed by atoms with van der Waals surface area (Å²) in [6.07, 6.45) is -3.10. The largest absolute Gasteiger partial charge is 0.408 e. The second-order valence-corrected chi connectivity index (χ2v) is 11.7. The molecule has 6 rings (SSSR count). The van der Waals surface area contributed by atoms with E-state index < -0.39 is 48.1 Å². The van der Waals surface area contributed by atoms with Crippen LogP contribution in [0.2, 0.25) is 0 Å². The fraction of sp³-hybridized carbons (Fsp3) is 0.517. The van der Waals surface area contributed by atoms with Gasteiger partial charge >= 0.3 is 6.18 Å². The summed E-state index contributed by atoms with van der Waals surface area (Å²) in [6, 6.07) is 2.58. The summed E-state index contributed by atoms with van der Waals surface area (Å²) in [6.45, 7) is -0.464. The predicted molar refractivity (Wildman–Crippen MR) is 144 cm³/mol. The number of nitrogens with one attached hydrogen (secondary N) is 1. The number of halogens is 7. The number of hydrogen-bond acceptors (Lipinski definition) is 5. The van der Waals surface area contributed by atoms with Gasteiger partial charge in [0.1, 0.15) is 30.0 Å². The zero-order valence-electron chi connectivity index (χ0n) is 23.4. The third-order valence-corrected chi connectivity index (χ3v) is 8.66. The van der Waals surface area contributed by atoms with Crippen LogP contribution in [0.25, 0.3) is 10.9 Å². The quantitative estimate of drug-likeness (QED) is 0.366. The third kappa shape index (κ3) is 5.92. The van der Waals surface area contributed by atoms with Crippen LogP contribution in [-0.2, 0) is 11.3 Å². The van der Waals surface area contributed by atoms with E-state index in [1.54, 1.807) is 0 Å². The lowest BCUT2D eigenvalue weighted by molar-refractivity contribution is -0.183. The van der Waals surface area contributed by atoms with Gasteiger partial charge in [-0.3, -0.25) is 14.3 Å². The molecule has 2 amide bonds. The first-order valence-corrected chi connectivity index (χ1v) is 14.4. The van der Waals surface area contributed by atoms with E-state index in [0.29, 0.717) is 17.4 Å². The molecule has 3 aliphatic rings. The van der Waals surface area contributed by atoms with Crippen molar-refractivity contribution in [1.82, 2.24) is 24.6 Å². The molecule has 3 aromatic rings. The molecule has 0 spiro atoms. The van der Waals surface area contributed by atoms with E-state index in [9.17, 15) is 35.9 Å². The molecule has 2 aromatic heterocycles. The minimum Gasteiger partial charge on any atom is -0.367 e. The zero-order valence-corrected chi connectivity index (χ0v) is 23.4. The number of pyridine rings is 1. The predicted octanol–water partition coefficient (Wildman–Crippen LogP) is 5.49. The van der Waals surface area contributed by atoms with Gasteiger partial charge in [0.15, 0.2) is 0 Å². The number of anilines is 1. The average Bonchev–Trinajstić information content (AvgIpc) is 3.56. The minimum atomic E-state index is -4.59. The van der Waals surface area contributed by atoms with Gasteiger partial charge in [-0.05, 0) is 37.8 Å². The summed E-state index contributed by atoms with van der Waals surface area (Å²) < 4.78 is 97.5. The molecule has 0 bridgehead atoms. The number of carbonyl (C=O) groups excluding carboxylic acids is 2. The van der Waals surface area contributed by atoms with Gasteiger partial charge in [-0.1, -0.05) is 0 Å². The lowest BCUT2D eigenvalue weighted by Crippen LogP contribution is -2.48. The Bertz CT molecular complexity index is 1580. The van der Waals surface area contributed by atoms with Gasteiger partial charge < -0.3 is 15.1 Å². The van der Waals surface area contributed by atoms with Gasteiger partial charge in [-0.2, -0.15) is 18.3 Å². The number of hydrogen-bond donors (Lipinski definition) is 1. The molecule has 1 atom stereocenters. The molecule has 2 saturated heterocycles. The lowest BCUT2D eigenvalue weighted by atomic mass is 9.92. The number of benzene rings is 1. The Morgan fingerprint density at radius 1 is 1.05 bits per heavy atom. The van der Waals surface area contributed by atoms with Crippen LogP contribution in [0.15, 0.2) is 30.5 Å². The SMILES string of the molecule is O=C(c1ccnc(NC2CCC(F)(F)CC2)c1)N1CC(c2nn(CC(=O)N3CCC[C@H]3C(F)(F)F)c3cc(F)cc(F)c23)C1. The molecule has 1 aromatic carbocycles. The summed E-state index contributed by atoms with van der Waals surface area (Å²) in [5.74, 6) is -5.84. The number of carbonyl (C=O) groups is 2. The Morgan fingerprint density at radius 3 is 2.48 bits per heavy atom. The van der Waals surface area contributed by atoms with E-state index in [2.05, 4.69) is 15.4 Å². The first-order chi connectivity index (χ1) is 20.8. The monoisotopic (exact) mass is 626 g/mol. The number of amides is 2. The molecule has 15 heteroatoms. The Kier molecular flexibility index (Phi) is 7.68. The van der Waals surface area contributed by atoms with Gasteiger partial charge in [0.2, 0.25) is 11.8 Å². The van der Waals surface area contributed by atoms with E-state index in [0.717, 1.165) is 15.6 Å². The highest BCUT2D eigenvalue weighted by atomic mass is 19.4. The van der Waals surface area contributed by atoms with Crippen molar-refractivity contribution in [3.63, 3.8) is 0 Å². The minimum absolute atomic E-state index is 0.0569. The molecule has 236 valence electrons. The van der Waals surface area contributed by atoms with Gasteiger partial charge in [-0.15, -0.1) is 0 Å². The first-order valence-electron chi connectivity index (χ1n) is 14.4. The maximum absolute atomic E-state index is 15.0. The highest BCUT2D eigenvalue weighted by Gasteiger charge is 2.48. The van der Waals surface area contributed by atoms with Crippen molar-refractivity contribution < 1.29 is 40.3 Å². The fourth-order valence-electron chi connectivity index (χ4n) is 6.32. The molecule has 44 heavy (non-hydrogen) atoms. The normalized spacial score (nSPS) is 21.1. The molecular formula is C29H29F7N6O2. The van der Waals surface area contributed by atoms with Crippen LogP contribution >= 0.6 is 0 Å². The number of aromatic nitrogens is 3. The number of fused-ring (bicyclic) bond motifs is 1. The molecular weight excluding hydrogens is 597 g/mol. The highest BCUT2D eigenvalue weighted by molar-refractivity contribution is 5.96. The summed E-state index contributed by atoms with van der Waals surface area (Å²) in [4.78, 5) is 32.5. The van der Waals surface area contributed by atoms with Crippen LogP contribution < -0.4 is 5.32 Å². The van der Waals surface area contributed by atoms with Crippen molar-refractivity contribution in [2.75, 3.05) is 25.0 Å². The summed E-state index contributed by atoms with van der Waals surface area (Å²) in [5, 5.41) is 7.39. The second-order valence-electron chi connectivity index (χ2n) is 11.7. The van der Waals surface area contributed by atoms with Crippen LogP contribution in [0, 0.1) is 11.6 Å². The van der Waals surface area contributed by atoms with E-state index in [-0.39, 0.29) is 86.7 Å². The topological polar surface area (TPSA) is 83.4 Å². The van der Waals surface area contributed by atoms with Crippen molar-refractivity contribution in [2.24, 2.45) is 0 Å². The fourth-order valence-corrected chi connectivity index (χ4v) is 6.32. The maximum Gasteiger partial charge on any atom is 0.408 e. The Hall–Kier alpha value is -3.91. The summed E-state index contributed by atoms with van der Waals surface area (Å²) in [7, 11) is 0. The molecule has 0 radical (unpaired) electrons. The van der Waals surface area contributed by atoms with Gasteiger partial charge in [0, 0.05) is 68.3 Å². The highest BCUT2D eigenvalue weighted by Crippen LogP contribution is 2.37. The maximum atomic E-state index is 15.0. The second kappa shape index (κ2) is 11.2. The molecule has 8 nitrogen and oxygen atoms in total. The van der Waals surface area contributed by atoms with E-state index in [1.807, 2.05) is 0 Å². The Morgan fingerprint density at radius 2 is 1.77 bits per heavy atom. The van der Waals surface area contributed by atoms with Crippen LogP contribution in [0.1, 0.15) is 60.5 Å². The standard InChI is InChI=1S/C29H29F7N6O2/c30-18-11-20(31)25-21(12-18)42(15-24(43)41-9-1-2-22(41)29(34,35)36)39-26(25)17-13-40(14-17)27(44)16-5-8-37-23(10-16)38-19-3-6-28(32,33)7-4-19/h5,8,10-12,17,19,22H,1-4,6-7,9,13-15H2,(H,37,38)/t22-/m0/s1. The van der Waals surface area contributed by atoms with Gasteiger partial charge in [0.05, 0.1) is 16.6 Å². The third-order valence-electron chi connectivity index (χ3n) is 8.66. The lowest BCUT2D eigenvalue weighted by Gasteiger charge is -2.38. The summed E-state index contributed by atoms with van der Waals surface area (Å²) >= 11 is 0. The average molecular weight is 627 g/mol. The van der Waals surface area contributed by atoms with E-state index >= 15 is 4.39 Å². The van der Waals surface area contributed by atoms with Crippen molar-refractivity contribution in [2.45, 2.75) is 75.2 Å². The smallest absolute Gasteiger partial charge is 0.367 e. The van der Waals surface area contributed by atoms with E-state index in [4.69, 9.17) is 0 Å². The van der Waals surface area contributed by atoms with Crippen molar-refractivity contribution in [1.29, 1.82) is 0 Å². The molecule has 3 fully saturated rings. The Labute approximate surface area is 247 Å². The zero-order chi connectivity index (χ0) is 31.4. The number of nitrogens with zero attached hydrogens (tertiary/aromatic N) is 5. The van der Waals surface area contributed by atoms with Crippen molar-refractivity contribution in [3.05, 3.63) is 53.4 Å². The summed E-state index contributed by atoms with van der Waals surface area (Å²) in [5.41, 5.74) is 0.416. The van der Waals surface area contributed by atoms with Crippen LogP contribution in [-0.4, -0.2) is 80.2 Å². The first kappa shape index (κ1) is 30.1. The van der Waals surface area contributed by atoms with Gasteiger partial charge in [-0.25, -0.2) is 22.5 Å². The molecule has 2 aliphatic heterocycles. The number of alkyl halides is 5. The molecule has 0 unspecified atom stereocenters. The van der Waals surface area contributed by atoms with Crippen LogP contribution in [0.4, 0.5) is 36.6 Å². The molecule has 1 N–H and O–H groups in total. The van der Waals surface area contributed by atoms with Crippen molar-refractivity contribution in [3.8, 4) is 0 Å². The van der Waals surface area contributed by atoms with Crippen molar-refractivity contribution >= 4 is 28.5 Å². The van der Waals surface area contributed by atoms with Crippen LogP contribution in [0.5, 0.6) is 0 Å². The van der Waals surface area contributed by atoms with E-state index in [1.165, 1.54) is 23.2 Å². The number of rotatable bonds is 6. The molecule has 1 saturated carbocycles. The molecule has 4 heterocycles. The Balaban J connectivity index is 1.16.